The number of nitro groups is 1. The summed E-state index contributed by atoms with van der Waals surface area (Å²) in [5.41, 5.74) is -0.262. The number of rotatable bonds is 7. The minimum Gasteiger partial charge on any atom is -0.481 e. The first-order valence-electron chi connectivity index (χ1n) is 4.81. The highest BCUT2D eigenvalue weighted by atomic mass is 35.5. The van der Waals surface area contributed by atoms with Crippen molar-refractivity contribution in [1.29, 1.82) is 0 Å². The van der Waals surface area contributed by atoms with Gasteiger partial charge in [0.15, 0.2) is 24.7 Å². The molecular weight excluding hydrogens is 301 g/mol. The molecule has 9 heteroatoms. The minimum absolute atomic E-state index is 0.0394. The van der Waals surface area contributed by atoms with Crippen LogP contribution in [-0.4, -0.2) is 28.6 Å². The van der Waals surface area contributed by atoms with Crippen LogP contribution in [-0.2, 0) is 9.59 Å². The van der Waals surface area contributed by atoms with E-state index in [0.29, 0.717) is 0 Å². The molecule has 0 atom stereocenters. The van der Waals surface area contributed by atoms with Gasteiger partial charge in [0.2, 0.25) is 0 Å². The fourth-order valence-electron chi connectivity index (χ4n) is 1.11. The van der Waals surface area contributed by atoms with Crippen LogP contribution in [0, 0.1) is 10.1 Å². The number of carbonyl (C=O) groups is 2. The van der Waals surface area contributed by atoms with Crippen molar-refractivity contribution < 1.29 is 24.0 Å². The van der Waals surface area contributed by atoms with Gasteiger partial charge in [-0.1, -0.05) is 0 Å². The van der Waals surface area contributed by atoms with Gasteiger partial charge in [-0.2, -0.15) is 0 Å². The maximum absolute atomic E-state index is 10.6. The Morgan fingerprint density at radius 3 is 2.11 bits per heavy atom. The second-order valence-electron chi connectivity index (χ2n) is 3.18. The Labute approximate surface area is 117 Å². The highest BCUT2D eigenvalue weighted by Gasteiger charge is 2.14. The molecule has 0 heterocycles. The monoisotopic (exact) mass is 307 g/mol. The Kier molecular flexibility index (Phi) is 5.53. The molecule has 7 nitrogen and oxygen atoms in total. The molecule has 0 N–H and O–H groups in total. The van der Waals surface area contributed by atoms with Crippen molar-refractivity contribution in [3.8, 4) is 11.5 Å². The van der Waals surface area contributed by atoms with E-state index in [0.717, 1.165) is 12.1 Å². The third-order valence-corrected chi connectivity index (χ3v) is 2.04. The average molecular weight is 308 g/mol. The van der Waals surface area contributed by atoms with Crippen LogP contribution in [0.1, 0.15) is 0 Å². The van der Waals surface area contributed by atoms with Gasteiger partial charge < -0.3 is 9.47 Å². The Balaban J connectivity index is 2.96. The van der Waals surface area contributed by atoms with Crippen LogP contribution in [0.5, 0.6) is 11.5 Å². The molecule has 19 heavy (non-hydrogen) atoms. The summed E-state index contributed by atoms with van der Waals surface area (Å²) in [4.78, 5) is 31.2. The van der Waals surface area contributed by atoms with Gasteiger partial charge in [0.1, 0.15) is 0 Å². The number of halogens is 2. The molecule has 0 aromatic heterocycles. The topological polar surface area (TPSA) is 95.7 Å². The van der Waals surface area contributed by atoms with Gasteiger partial charge in [-0.05, 0) is 29.3 Å². The van der Waals surface area contributed by atoms with Gasteiger partial charge in [0.25, 0.3) is 16.2 Å². The molecule has 102 valence electrons. The van der Waals surface area contributed by atoms with Gasteiger partial charge >= 0.3 is 0 Å². The molecule has 0 aliphatic heterocycles. The third kappa shape index (κ3) is 5.11. The smallest absolute Gasteiger partial charge is 0.273 e. The van der Waals surface area contributed by atoms with Crippen LogP contribution >= 0.6 is 23.2 Å². The number of hydrogen-bond acceptors (Lipinski definition) is 6. The van der Waals surface area contributed by atoms with Gasteiger partial charge in [-0.3, -0.25) is 19.7 Å². The number of carbonyl (C=O) groups excluding carboxylic acids is 2. The van der Waals surface area contributed by atoms with Crippen molar-refractivity contribution in [3.63, 3.8) is 0 Å². The SMILES string of the molecule is O=C(Cl)COc1ccc([N+](=O)[O-])cc1OCC(=O)Cl. The van der Waals surface area contributed by atoms with E-state index in [-0.39, 0.29) is 17.2 Å². The Morgan fingerprint density at radius 2 is 1.63 bits per heavy atom. The van der Waals surface area contributed by atoms with E-state index < -0.39 is 28.6 Å². The van der Waals surface area contributed by atoms with Crippen molar-refractivity contribution in [3.05, 3.63) is 28.3 Å². The Bertz CT molecular complexity index is 519. The summed E-state index contributed by atoms with van der Waals surface area (Å²) in [6.07, 6.45) is 0. The lowest BCUT2D eigenvalue weighted by molar-refractivity contribution is -0.385. The first kappa shape index (κ1) is 15.2. The molecule has 0 unspecified atom stereocenters. The minimum atomic E-state index is -0.786. The quantitative estimate of drug-likeness (QED) is 0.433. The van der Waals surface area contributed by atoms with Crippen LogP contribution in [0.15, 0.2) is 18.2 Å². The number of nitrogens with zero attached hydrogens (tertiary/aromatic N) is 1. The third-order valence-electron chi connectivity index (χ3n) is 1.82. The van der Waals surface area contributed by atoms with Crippen LogP contribution in [0.2, 0.25) is 0 Å². The number of ether oxygens (including phenoxy) is 2. The zero-order valence-corrected chi connectivity index (χ0v) is 10.8. The number of nitro benzene ring substituents is 1. The van der Waals surface area contributed by atoms with E-state index in [9.17, 15) is 19.7 Å². The lowest BCUT2D eigenvalue weighted by Crippen LogP contribution is -2.09. The summed E-state index contributed by atoms with van der Waals surface area (Å²) in [6, 6.07) is 3.43. The fourth-order valence-corrected chi connectivity index (χ4v) is 1.22. The maximum atomic E-state index is 10.6. The second-order valence-corrected chi connectivity index (χ2v) is 4.02. The first-order valence-corrected chi connectivity index (χ1v) is 5.56. The second kappa shape index (κ2) is 6.91. The summed E-state index contributed by atoms with van der Waals surface area (Å²) in [5, 5.41) is 9.07. The lowest BCUT2D eigenvalue weighted by Gasteiger charge is -2.10. The van der Waals surface area contributed by atoms with E-state index in [1.54, 1.807) is 0 Å². The van der Waals surface area contributed by atoms with Gasteiger partial charge in [-0.15, -0.1) is 0 Å². The largest absolute Gasteiger partial charge is 0.481 e. The van der Waals surface area contributed by atoms with Crippen molar-refractivity contribution >= 4 is 39.4 Å². The zero-order valence-electron chi connectivity index (χ0n) is 9.30. The number of benzene rings is 1. The highest BCUT2D eigenvalue weighted by molar-refractivity contribution is 6.64. The Morgan fingerprint density at radius 1 is 1.11 bits per heavy atom. The van der Waals surface area contributed by atoms with Crippen LogP contribution in [0.25, 0.3) is 0 Å². The van der Waals surface area contributed by atoms with E-state index in [2.05, 4.69) is 0 Å². The molecule has 0 bridgehead atoms. The zero-order chi connectivity index (χ0) is 14.4. The molecule has 0 aliphatic carbocycles. The van der Waals surface area contributed by atoms with Crippen LogP contribution in [0.4, 0.5) is 5.69 Å². The van der Waals surface area contributed by atoms with Crippen LogP contribution in [0.3, 0.4) is 0 Å². The van der Waals surface area contributed by atoms with Crippen molar-refractivity contribution in [2.75, 3.05) is 13.2 Å². The van der Waals surface area contributed by atoms with Gasteiger partial charge in [0, 0.05) is 6.07 Å². The maximum Gasteiger partial charge on any atom is 0.273 e. The van der Waals surface area contributed by atoms with Crippen LogP contribution < -0.4 is 9.47 Å². The van der Waals surface area contributed by atoms with Crippen molar-refractivity contribution in [2.24, 2.45) is 0 Å². The Hall–Kier alpha value is -1.86. The highest BCUT2D eigenvalue weighted by Crippen LogP contribution is 2.31. The summed E-state index contributed by atoms with van der Waals surface area (Å²) in [5.74, 6) is -0.0429. The van der Waals surface area contributed by atoms with Gasteiger partial charge in [0.05, 0.1) is 11.0 Å². The van der Waals surface area contributed by atoms with E-state index in [1.165, 1.54) is 6.07 Å². The lowest BCUT2D eigenvalue weighted by atomic mass is 10.3. The van der Waals surface area contributed by atoms with Gasteiger partial charge in [-0.25, -0.2) is 0 Å². The molecule has 0 fully saturated rings. The van der Waals surface area contributed by atoms with E-state index in [4.69, 9.17) is 32.7 Å². The molecule has 0 radical (unpaired) electrons. The molecule has 0 aliphatic rings. The molecule has 0 saturated heterocycles. The van der Waals surface area contributed by atoms with E-state index in [1.807, 2.05) is 0 Å². The molecule has 1 aromatic carbocycles. The summed E-state index contributed by atoms with van der Waals surface area (Å²) in [6.45, 7) is -0.932. The normalized spacial score (nSPS) is 9.79. The number of non-ortho nitro benzene ring substituents is 1. The molecule has 0 spiro atoms. The standard InChI is InChI=1S/C10H7Cl2NO6/c11-9(14)4-18-7-2-1-6(13(16)17)3-8(7)19-5-10(12)15/h1-3H,4-5H2. The predicted molar refractivity (Wildman–Crippen MR) is 65.8 cm³/mol. The average Bonchev–Trinajstić information content (AvgIpc) is 2.33. The summed E-state index contributed by atoms with van der Waals surface area (Å²) in [7, 11) is 0. The molecule has 0 amide bonds. The van der Waals surface area contributed by atoms with Crippen molar-refractivity contribution in [1.82, 2.24) is 0 Å². The molecule has 1 aromatic rings. The predicted octanol–water partition coefficient (Wildman–Crippen LogP) is 1.88. The molecular formula is C10H7Cl2NO6. The number of hydrogen-bond donors (Lipinski definition) is 0. The molecule has 1 rings (SSSR count). The van der Waals surface area contributed by atoms with Crippen molar-refractivity contribution in [2.45, 2.75) is 0 Å². The first-order chi connectivity index (χ1) is 8.90. The summed E-state index contributed by atoms with van der Waals surface area (Å²) < 4.78 is 9.94. The van der Waals surface area contributed by atoms with E-state index >= 15 is 0 Å². The fraction of sp³-hybridized carbons (Fsp3) is 0.200. The molecule has 0 saturated carbocycles. The summed E-state index contributed by atoms with van der Waals surface area (Å²) >= 11 is 10.2.